The molecule has 0 unspecified atom stereocenters. The number of carbonyl (C=O) groups is 4. The Labute approximate surface area is 245 Å². The molecular weight excluding hydrogens is 535 g/mol. The number of hydrogen-bond acceptors (Lipinski definition) is 4. The van der Waals surface area contributed by atoms with Gasteiger partial charge in [0.1, 0.15) is 23.9 Å². The first-order chi connectivity index (χ1) is 20.2. The van der Waals surface area contributed by atoms with Crippen LogP contribution in [0.1, 0.15) is 37.3 Å². The Bertz CT molecular complexity index is 1470. The van der Waals surface area contributed by atoms with E-state index in [9.17, 15) is 23.6 Å². The third-order valence-corrected chi connectivity index (χ3v) is 8.26. The van der Waals surface area contributed by atoms with Crippen LogP contribution in [0.5, 0.6) is 0 Å². The van der Waals surface area contributed by atoms with Crippen LogP contribution in [0.15, 0.2) is 66.7 Å². The minimum absolute atomic E-state index is 0.173. The summed E-state index contributed by atoms with van der Waals surface area (Å²) in [5, 5.41) is 7.62. The van der Waals surface area contributed by atoms with Crippen molar-refractivity contribution in [3.05, 3.63) is 83.7 Å². The molecule has 1 aliphatic heterocycles. The van der Waals surface area contributed by atoms with E-state index in [1.54, 1.807) is 29.0 Å². The van der Waals surface area contributed by atoms with E-state index < -0.39 is 18.1 Å². The highest BCUT2D eigenvalue weighted by Gasteiger charge is 2.45. The number of fused-ring (bicyclic) bond motifs is 1. The molecule has 4 amide bonds. The minimum atomic E-state index is -0.902. The normalized spacial score (nSPS) is 18.5. The van der Waals surface area contributed by atoms with E-state index in [0.29, 0.717) is 24.3 Å². The Morgan fingerprint density at radius 1 is 0.929 bits per heavy atom. The standard InChI is InChI=1S/C33H37FN4O4/c1-21(39)36-28(18-22-10-13-27(34)14-11-22)32(41)38-16-15-37(33(42)30(38)19-23-7-8-23)29(31(40)35-2)20-24-9-12-25-5-3-4-6-26(25)17-24/h3-6,9-14,17,23,28-30H,7-8,15-16,18-20H2,1-2H3,(H,35,40)(H,36,39)/t28-,29+,30+/m1/s1. The van der Waals surface area contributed by atoms with Crippen molar-refractivity contribution in [3.63, 3.8) is 0 Å². The van der Waals surface area contributed by atoms with Gasteiger partial charge < -0.3 is 20.4 Å². The fourth-order valence-electron chi connectivity index (χ4n) is 5.88. The summed E-state index contributed by atoms with van der Waals surface area (Å²) in [5.74, 6) is -1.27. The first-order valence-electron chi connectivity index (χ1n) is 14.5. The van der Waals surface area contributed by atoms with Gasteiger partial charge in [0, 0.05) is 39.9 Å². The average molecular weight is 573 g/mol. The molecule has 1 saturated heterocycles. The van der Waals surface area contributed by atoms with Crippen molar-refractivity contribution in [3.8, 4) is 0 Å². The number of hydrogen-bond donors (Lipinski definition) is 2. The summed E-state index contributed by atoms with van der Waals surface area (Å²) in [6, 6.07) is 17.5. The first-order valence-corrected chi connectivity index (χ1v) is 14.5. The lowest BCUT2D eigenvalue weighted by Gasteiger charge is -2.44. The predicted octanol–water partition coefficient (Wildman–Crippen LogP) is 3.22. The summed E-state index contributed by atoms with van der Waals surface area (Å²) in [5.41, 5.74) is 1.64. The maximum absolute atomic E-state index is 14.1. The van der Waals surface area contributed by atoms with Crippen molar-refractivity contribution in [1.29, 1.82) is 0 Å². The lowest BCUT2D eigenvalue weighted by Crippen LogP contribution is -2.65. The van der Waals surface area contributed by atoms with Crippen LogP contribution < -0.4 is 10.6 Å². The van der Waals surface area contributed by atoms with Crippen molar-refractivity contribution in [2.45, 2.75) is 57.2 Å². The highest BCUT2D eigenvalue weighted by atomic mass is 19.1. The van der Waals surface area contributed by atoms with Gasteiger partial charge in [0.2, 0.25) is 23.6 Å². The van der Waals surface area contributed by atoms with E-state index >= 15 is 0 Å². The van der Waals surface area contributed by atoms with Gasteiger partial charge in [0.25, 0.3) is 0 Å². The van der Waals surface area contributed by atoms with Gasteiger partial charge in [-0.2, -0.15) is 0 Å². The van der Waals surface area contributed by atoms with Crippen molar-refractivity contribution < 1.29 is 23.6 Å². The highest BCUT2D eigenvalue weighted by Crippen LogP contribution is 2.36. The van der Waals surface area contributed by atoms with E-state index in [0.717, 1.165) is 29.2 Å². The summed E-state index contributed by atoms with van der Waals surface area (Å²) in [6.07, 6.45) is 3.02. The Morgan fingerprint density at radius 2 is 1.62 bits per heavy atom. The van der Waals surface area contributed by atoms with Gasteiger partial charge in [-0.25, -0.2) is 4.39 Å². The lowest BCUT2D eigenvalue weighted by atomic mass is 9.96. The largest absolute Gasteiger partial charge is 0.357 e. The molecule has 0 bridgehead atoms. The molecule has 0 spiro atoms. The highest BCUT2D eigenvalue weighted by molar-refractivity contribution is 5.95. The molecule has 2 aliphatic rings. The zero-order valence-electron chi connectivity index (χ0n) is 24.0. The third-order valence-electron chi connectivity index (χ3n) is 8.26. The second-order valence-corrected chi connectivity index (χ2v) is 11.4. The summed E-state index contributed by atoms with van der Waals surface area (Å²) in [4.78, 5) is 56.5. The number of likely N-dealkylation sites (N-methyl/N-ethyl adjacent to an activating group) is 1. The average Bonchev–Trinajstić information content (AvgIpc) is 3.81. The third kappa shape index (κ3) is 6.78. The number of amides is 4. The van der Waals surface area contributed by atoms with E-state index in [2.05, 4.69) is 10.6 Å². The van der Waals surface area contributed by atoms with E-state index in [-0.39, 0.29) is 49.0 Å². The number of nitrogens with zero attached hydrogens (tertiary/aromatic N) is 2. The van der Waals surface area contributed by atoms with Crippen molar-refractivity contribution in [2.24, 2.45) is 5.92 Å². The van der Waals surface area contributed by atoms with Crippen LogP contribution >= 0.6 is 0 Å². The zero-order valence-corrected chi connectivity index (χ0v) is 24.0. The molecule has 220 valence electrons. The maximum atomic E-state index is 14.1. The maximum Gasteiger partial charge on any atom is 0.246 e. The van der Waals surface area contributed by atoms with E-state index in [1.165, 1.54) is 19.1 Å². The second-order valence-electron chi connectivity index (χ2n) is 11.4. The Balaban J connectivity index is 1.39. The molecule has 2 fully saturated rings. The Kier molecular flexibility index (Phi) is 8.85. The van der Waals surface area contributed by atoms with Gasteiger partial charge in [0.15, 0.2) is 0 Å². The number of piperazine rings is 1. The molecule has 2 N–H and O–H groups in total. The van der Waals surface area contributed by atoms with Crippen LogP contribution in [0.4, 0.5) is 4.39 Å². The molecule has 0 aromatic heterocycles. The molecule has 1 heterocycles. The smallest absolute Gasteiger partial charge is 0.246 e. The van der Waals surface area contributed by atoms with Gasteiger partial charge in [-0.3, -0.25) is 19.2 Å². The van der Waals surface area contributed by atoms with Crippen LogP contribution in [-0.2, 0) is 32.0 Å². The van der Waals surface area contributed by atoms with Crippen LogP contribution in [0.3, 0.4) is 0 Å². The van der Waals surface area contributed by atoms with Gasteiger partial charge in [-0.1, -0.05) is 67.4 Å². The summed E-state index contributed by atoms with van der Waals surface area (Å²) >= 11 is 0. The molecular formula is C33H37FN4O4. The van der Waals surface area contributed by atoms with Crippen molar-refractivity contribution >= 4 is 34.4 Å². The molecule has 5 rings (SSSR count). The molecule has 3 atom stereocenters. The van der Waals surface area contributed by atoms with E-state index in [1.807, 2.05) is 42.5 Å². The van der Waals surface area contributed by atoms with Gasteiger partial charge in [-0.15, -0.1) is 0 Å². The van der Waals surface area contributed by atoms with Crippen LogP contribution in [0.2, 0.25) is 0 Å². The topological polar surface area (TPSA) is 98.8 Å². The quantitative estimate of drug-likeness (QED) is 0.390. The summed E-state index contributed by atoms with van der Waals surface area (Å²) in [7, 11) is 1.56. The fraction of sp³-hybridized carbons (Fsp3) is 0.394. The number of carbonyl (C=O) groups excluding carboxylic acids is 4. The molecule has 1 aliphatic carbocycles. The Hall–Kier alpha value is -4.27. The lowest BCUT2D eigenvalue weighted by molar-refractivity contribution is -0.157. The van der Waals surface area contributed by atoms with Crippen molar-refractivity contribution in [2.75, 3.05) is 20.1 Å². The number of nitrogens with one attached hydrogen (secondary N) is 2. The molecule has 1 saturated carbocycles. The zero-order chi connectivity index (χ0) is 29.8. The molecule has 8 nitrogen and oxygen atoms in total. The van der Waals surface area contributed by atoms with Gasteiger partial charge in [0.05, 0.1) is 0 Å². The predicted molar refractivity (Wildman–Crippen MR) is 158 cm³/mol. The van der Waals surface area contributed by atoms with Crippen LogP contribution in [-0.4, -0.2) is 71.7 Å². The van der Waals surface area contributed by atoms with Crippen molar-refractivity contribution in [1.82, 2.24) is 20.4 Å². The molecule has 3 aromatic rings. The molecule has 42 heavy (non-hydrogen) atoms. The molecule has 9 heteroatoms. The minimum Gasteiger partial charge on any atom is -0.357 e. The molecule has 0 radical (unpaired) electrons. The monoisotopic (exact) mass is 572 g/mol. The first kappa shape index (κ1) is 29.2. The fourth-order valence-corrected chi connectivity index (χ4v) is 5.88. The SMILES string of the molecule is CNC(=O)[C@H](Cc1ccc2ccccc2c1)N1CCN(C(=O)[C@@H](Cc2ccc(F)cc2)NC(C)=O)[C@@H](CC2CC2)C1=O. The Morgan fingerprint density at radius 3 is 2.29 bits per heavy atom. The number of halogens is 1. The molecule has 3 aromatic carbocycles. The summed E-state index contributed by atoms with van der Waals surface area (Å²) in [6.45, 7) is 1.78. The van der Waals surface area contributed by atoms with Gasteiger partial charge >= 0.3 is 0 Å². The van der Waals surface area contributed by atoms with E-state index in [4.69, 9.17) is 0 Å². The number of rotatable bonds is 10. The second kappa shape index (κ2) is 12.7. The van der Waals surface area contributed by atoms with Crippen LogP contribution in [0.25, 0.3) is 10.8 Å². The summed E-state index contributed by atoms with van der Waals surface area (Å²) < 4.78 is 13.5. The number of benzene rings is 3. The van der Waals surface area contributed by atoms with Gasteiger partial charge in [-0.05, 0) is 46.4 Å². The van der Waals surface area contributed by atoms with Crippen LogP contribution in [0, 0.1) is 11.7 Å².